The molecule has 0 fully saturated rings. The summed E-state index contributed by atoms with van der Waals surface area (Å²) >= 11 is 0. The molecule has 13 heavy (non-hydrogen) atoms. The van der Waals surface area contributed by atoms with E-state index >= 15 is 0 Å². The van der Waals surface area contributed by atoms with Crippen molar-refractivity contribution in [2.24, 2.45) is 5.73 Å². The van der Waals surface area contributed by atoms with E-state index in [1.807, 2.05) is 0 Å². The molecular formula is C11H26LiN. The smallest absolute Gasteiger partial charge is 1.00 e. The molecule has 0 aromatic carbocycles. The second kappa shape index (κ2) is 12.6. The SMILES string of the molecule is CCCCCCCCC(N)CC.[H-].[Li+]. The number of unbranched alkanes of at least 4 members (excludes halogenated alkanes) is 5. The molecule has 0 saturated heterocycles. The number of hydrogen-bond donors (Lipinski definition) is 1. The van der Waals surface area contributed by atoms with E-state index in [9.17, 15) is 0 Å². The van der Waals surface area contributed by atoms with Crippen molar-refractivity contribution in [1.82, 2.24) is 0 Å². The minimum Gasteiger partial charge on any atom is -1.00 e. The Hall–Kier alpha value is 0.557. The Balaban J connectivity index is -0.000000605. The van der Waals surface area contributed by atoms with Crippen LogP contribution in [0.1, 0.15) is 66.6 Å². The van der Waals surface area contributed by atoms with Gasteiger partial charge in [0.2, 0.25) is 0 Å². The van der Waals surface area contributed by atoms with E-state index in [1.165, 1.54) is 44.9 Å². The van der Waals surface area contributed by atoms with Crippen molar-refractivity contribution in [3.05, 3.63) is 0 Å². The van der Waals surface area contributed by atoms with Gasteiger partial charge >= 0.3 is 18.9 Å². The topological polar surface area (TPSA) is 26.0 Å². The van der Waals surface area contributed by atoms with Crippen LogP contribution >= 0.6 is 0 Å². The summed E-state index contributed by atoms with van der Waals surface area (Å²) in [6, 6.07) is 0.455. The number of rotatable bonds is 8. The van der Waals surface area contributed by atoms with Gasteiger partial charge in [0, 0.05) is 6.04 Å². The molecule has 0 radical (unpaired) electrons. The van der Waals surface area contributed by atoms with Crippen LogP contribution in [0, 0.1) is 0 Å². The van der Waals surface area contributed by atoms with Gasteiger partial charge in [-0.05, 0) is 12.8 Å². The minimum absolute atomic E-state index is 0. The van der Waals surface area contributed by atoms with Gasteiger partial charge in [-0.25, -0.2) is 0 Å². The van der Waals surface area contributed by atoms with Gasteiger partial charge in [0.1, 0.15) is 0 Å². The molecule has 1 unspecified atom stereocenters. The molecule has 0 rings (SSSR count). The van der Waals surface area contributed by atoms with Gasteiger partial charge in [-0.3, -0.25) is 0 Å². The zero-order chi connectivity index (χ0) is 9.23. The molecule has 0 amide bonds. The Morgan fingerprint density at radius 1 is 1.00 bits per heavy atom. The Morgan fingerprint density at radius 2 is 1.54 bits per heavy atom. The van der Waals surface area contributed by atoms with Crippen LogP contribution < -0.4 is 24.6 Å². The maximum absolute atomic E-state index is 5.81. The van der Waals surface area contributed by atoms with Gasteiger partial charge in [0.25, 0.3) is 0 Å². The van der Waals surface area contributed by atoms with Gasteiger partial charge in [0.05, 0.1) is 0 Å². The quantitative estimate of drug-likeness (QED) is 0.428. The van der Waals surface area contributed by atoms with Gasteiger partial charge in [-0.15, -0.1) is 0 Å². The Bertz CT molecular complexity index is 91.4. The summed E-state index contributed by atoms with van der Waals surface area (Å²) in [4.78, 5) is 0. The van der Waals surface area contributed by atoms with Crippen LogP contribution in [-0.4, -0.2) is 6.04 Å². The molecule has 0 aliphatic heterocycles. The van der Waals surface area contributed by atoms with E-state index in [1.54, 1.807) is 0 Å². The first-order valence-corrected chi connectivity index (χ1v) is 5.56. The zero-order valence-electron chi connectivity index (χ0n) is 10.8. The maximum Gasteiger partial charge on any atom is 1.00 e. The molecule has 0 saturated carbocycles. The maximum atomic E-state index is 5.81. The van der Waals surface area contributed by atoms with E-state index in [2.05, 4.69) is 13.8 Å². The van der Waals surface area contributed by atoms with Crippen LogP contribution in [0.4, 0.5) is 0 Å². The Labute approximate surface area is 97.5 Å². The normalized spacial score (nSPS) is 12.2. The van der Waals surface area contributed by atoms with Crippen molar-refractivity contribution in [2.75, 3.05) is 0 Å². The summed E-state index contributed by atoms with van der Waals surface area (Å²) in [5.74, 6) is 0. The van der Waals surface area contributed by atoms with Crippen molar-refractivity contribution < 1.29 is 20.3 Å². The molecule has 0 aromatic rings. The molecule has 2 N–H and O–H groups in total. The second-order valence-corrected chi connectivity index (χ2v) is 3.72. The van der Waals surface area contributed by atoms with Crippen molar-refractivity contribution in [3.8, 4) is 0 Å². The molecule has 1 nitrogen and oxygen atoms in total. The zero-order valence-corrected chi connectivity index (χ0v) is 9.81. The predicted octanol–water partition coefficient (Wildman–Crippen LogP) is 0.591. The Morgan fingerprint density at radius 3 is 2.08 bits per heavy atom. The number of hydrogen-bond acceptors (Lipinski definition) is 1. The Kier molecular flexibility index (Phi) is 15.5. The van der Waals surface area contributed by atoms with Crippen molar-refractivity contribution in [3.63, 3.8) is 0 Å². The van der Waals surface area contributed by atoms with Crippen molar-refractivity contribution in [1.29, 1.82) is 0 Å². The second-order valence-electron chi connectivity index (χ2n) is 3.72. The summed E-state index contributed by atoms with van der Waals surface area (Å²) < 4.78 is 0. The van der Waals surface area contributed by atoms with Crippen LogP contribution in [0.5, 0.6) is 0 Å². The molecule has 1 atom stereocenters. The summed E-state index contributed by atoms with van der Waals surface area (Å²) in [5.41, 5.74) is 5.81. The predicted molar refractivity (Wildman–Crippen MR) is 57.4 cm³/mol. The van der Waals surface area contributed by atoms with Crippen LogP contribution in [0.3, 0.4) is 0 Å². The van der Waals surface area contributed by atoms with Crippen LogP contribution in [0.25, 0.3) is 0 Å². The molecular weight excluding hydrogens is 153 g/mol. The molecule has 0 aliphatic carbocycles. The first-order valence-electron chi connectivity index (χ1n) is 5.56. The van der Waals surface area contributed by atoms with Gasteiger partial charge < -0.3 is 7.16 Å². The third kappa shape index (κ3) is 12.6. The molecule has 0 heterocycles. The van der Waals surface area contributed by atoms with E-state index in [4.69, 9.17) is 5.73 Å². The molecule has 0 spiro atoms. The average Bonchev–Trinajstić information content (AvgIpc) is 2.10. The fourth-order valence-corrected chi connectivity index (χ4v) is 1.39. The summed E-state index contributed by atoms with van der Waals surface area (Å²) in [5, 5.41) is 0. The molecule has 0 bridgehead atoms. The van der Waals surface area contributed by atoms with Crippen LogP contribution in [0.2, 0.25) is 0 Å². The summed E-state index contributed by atoms with van der Waals surface area (Å²) in [7, 11) is 0. The standard InChI is InChI=1S/C11H25N.Li.H/c1-3-5-6-7-8-9-10-11(12)4-2;;/h11H,3-10,12H2,1-2H3;;/q;+1;-1. The number of nitrogens with two attached hydrogens (primary N) is 1. The van der Waals surface area contributed by atoms with Gasteiger partial charge in [-0.1, -0.05) is 52.4 Å². The van der Waals surface area contributed by atoms with Crippen molar-refractivity contribution >= 4 is 0 Å². The summed E-state index contributed by atoms with van der Waals surface area (Å²) in [6.07, 6.45) is 10.6. The van der Waals surface area contributed by atoms with Crippen molar-refractivity contribution in [2.45, 2.75) is 71.3 Å². The van der Waals surface area contributed by atoms with E-state index in [-0.39, 0.29) is 20.3 Å². The molecule has 0 aliphatic rings. The average molecular weight is 179 g/mol. The van der Waals surface area contributed by atoms with Crippen LogP contribution in [0.15, 0.2) is 0 Å². The molecule has 76 valence electrons. The van der Waals surface area contributed by atoms with E-state index in [0.29, 0.717) is 6.04 Å². The van der Waals surface area contributed by atoms with Gasteiger partial charge in [-0.2, -0.15) is 0 Å². The fourth-order valence-electron chi connectivity index (χ4n) is 1.39. The molecule has 2 heteroatoms. The third-order valence-electron chi connectivity index (χ3n) is 2.45. The first-order chi connectivity index (χ1) is 5.81. The fraction of sp³-hybridized carbons (Fsp3) is 1.00. The minimum atomic E-state index is 0. The van der Waals surface area contributed by atoms with Gasteiger partial charge in [0.15, 0.2) is 0 Å². The molecule has 0 aromatic heterocycles. The summed E-state index contributed by atoms with van der Waals surface area (Å²) in [6.45, 7) is 4.43. The van der Waals surface area contributed by atoms with E-state index in [0.717, 1.165) is 6.42 Å². The van der Waals surface area contributed by atoms with Crippen LogP contribution in [-0.2, 0) is 0 Å². The van der Waals surface area contributed by atoms with E-state index < -0.39 is 0 Å². The third-order valence-corrected chi connectivity index (χ3v) is 2.45. The largest absolute Gasteiger partial charge is 1.00 e. The first kappa shape index (κ1) is 16.0. The monoisotopic (exact) mass is 179 g/mol.